The lowest BCUT2D eigenvalue weighted by atomic mass is 10.1. The Kier molecular flexibility index (Phi) is 4.66. The minimum Gasteiger partial charge on any atom is -0.379 e. The van der Waals surface area contributed by atoms with E-state index in [4.69, 9.17) is 6.11 Å². The summed E-state index contributed by atoms with van der Waals surface area (Å²) in [5, 5.41) is 11.6. The first-order valence-electron chi connectivity index (χ1n) is 9.10. The van der Waals surface area contributed by atoms with Crippen LogP contribution in [0.1, 0.15) is 12.1 Å². The largest absolute Gasteiger partial charge is 0.379 e. The smallest absolute Gasteiger partial charge is 0.152 e. The molecule has 6 nitrogen and oxygen atoms in total. The number of rotatable bonds is 5. The topological polar surface area (TPSA) is 68.2 Å². The molecule has 3 heterocycles. The van der Waals surface area contributed by atoms with Gasteiger partial charge in [-0.05, 0) is 24.4 Å². The van der Waals surface area contributed by atoms with Gasteiger partial charge in [0.2, 0.25) is 0 Å². The number of morpholine rings is 1. The number of nitrogens with zero attached hydrogens (tertiary/aromatic N) is 4. The van der Waals surface area contributed by atoms with Crippen LogP contribution in [-0.4, -0.2) is 58.7 Å². The molecule has 0 atom stereocenters. The van der Waals surface area contributed by atoms with Crippen LogP contribution in [0.2, 0.25) is 0 Å². The van der Waals surface area contributed by atoms with Crippen molar-refractivity contribution < 1.29 is 10.9 Å². The van der Waals surface area contributed by atoms with Crippen LogP contribution in [0.3, 0.4) is 0 Å². The zero-order valence-corrected chi connectivity index (χ0v) is 15.4. The standard InChI is InChI=1S/C19H20N4O2S/c1-13-21-22-19(26-13)14-2-3-15-11-20-17(9-16(15)8-14)10-18(24)12-23-4-6-25-7-5-23/h2-3,8-9,11H,4-7,10,12H2,1H3/i9D. The summed E-state index contributed by atoms with van der Waals surface area (Å²) >= 11 is 1.52. The van der Waals surface area contributed by atoms with Gasteiger partial charge < -0.3 is 4.74 Å². The first-order chi connectivity index (χ1) is 13.1. The monoisotopic (exact) mass is 369 g/mol. The Hall–Kier alpha value is -2.22. The number of carbonyl (C=O) groups is 1. The van der Waals surface area contributed by atoms with Crippen LogP contribution in [0.4, 0.5) is 0 Å². The number of ketones is 1. The molecule has 1 fully saturated rings. The molecule has 1 aliphatic rings. The molecule has 134 valence electrons. The molecule has 3 aromatic rings. The molecule has 2 aromatic heterocycles. The van der Waals surface area contributed by atoms with E-state index in [2.05, 4.69) is 20.1 Å². The quantitative estimate of drug-likeness (QED) is 0.688. The van der Waals surface area contributed by atoms with Crippen LogP contribution in [0.15, 0.2) is 30.4 Å². The van der Waals surface area contributed by atoms with Crippen LogP contribution < -0.4 is 0 Å². The average molecular weight is 369 g/mol. The average Bonchev–Trinajstić information content (AvgIpc) is 3.11. The molecule has 0 unspecified atom stereocenters. The number of fused-ring (bicyclic) bond motifs is 1. The minimum atomic E-state index is 0.0770. The molecule has 1 aromatic carbocycles. The highest BCUT2D eigenvalue weighted by Crippen LogP contribution is 2.27. The summed E-state index contributed by atoms with van der Waals surface area (Å²) in [7, 11) is 0. The zero-order chi connectivity index (χ0) is 18.8. The lowest BCUT2D eigenvalue weighted by molar-refractivity contribution is -0.120. The van der Waals surface area contributed by atoms with Gasteiger partial charge in [0.15, 0.2) is 5.78 Å². The summed E-state index contributed by atoms with van der Waals surface area (Å²) in [4.78, 5) is 18.9. The van der Waals surface area contributed by atoms with Gasteiger partial charge in [-0.15, -0.1) is 10.2 Å². The van der Waals surface area contributed by atoms with Gasteiger partial charge >= 0.3 is 0 Å². The lowest BCUT2D eigenvalue weighted by Crippen LogP contribution is -2.39. The van der Waals surface area contributed by atoms with Gasteiger partial charge in [0.25, 0.3) is 0 Å². The van der Waals surface area contributed by atoms with Crippen molar-refractivity contribution in [3.05, 3.63) is 41.1 Å². The molecule has 1 aliphatic heterocycles. The van der Waals surface area contributed by atoms with E-state index in [1.54, 1.807) is 6.20 Å². The summed E-state index contributed by atoms with van der Waals surface area (Å²) in [6, 6.07) is 6.15. The number of Topliss-reactive ketones (excluding diaryl/α,β-unsaturated/α-hetero) is 1. The first kappa shape index (κ1) is 16.0. The van der Waals surface area contributed by atoms with Gasteiger partial charge in [-0.1, -0.05) is 23.5 Å². The maximum Gasteiger partial charge on any atom is 0.152 e. The van der Waals surface area contributed by atoms with Crippen LogP contribution in [0, 0.1) is 6.92 Å². The van der Waals surface area contributed by atoms with Gasteiger partial charge in [-0.3, -0.25) is 14.7 Å². The third-order valence-corrected chi connectivity index (χ3v) is 5.22. The second-order valence-electron chi connectivity index (χ2n) is 6.36. The normalized spacial score (nSPS) is 16.0. The number of aromatic nitrogens is 3. The molecule has 7 heteroatoms. The van der Waals surface area contributed by atoms with Crippen LogP contribution in [0.5, 0.6) is 0 Å². The molecular weight excluding hydrogens is 348 g/mol. The third-order valence-electron chi connectivity index (χ3n) is 4.33. The van der Waals surface area contributed by atoms with Crippen molar-refractivity contribution in [1.29, 1.82) is 0 Å². The third kappa shape index (κ3) is 3.95. The summed E-state index contributed by atoms with van der Waals surface area (Å²) in [6.45, 7) is 5.18. The molecule has 1 saturated heterocycles. The van der Waals surface area contributed by atoms with E-state index in [9.17, 15) is 4.79 Å². The van der Waals surface area contributed by atoms with E-state index in [0.29, 0.717) is 31.5 Å². The van der Waals surface area contributed by atoms with Gasteiger partial charge in [-0.2, -0.15) is 0 Å². The van der Waals surface area contributed by atoms with Crippen molar-refractivity contribution >= 4 is 27.9 Å². The Morgan fingerprint density at radius 1 is 1.31 bits per heavy atom. The van der Waals surface area contributed by atoms with Gasteiger partial charge in [0.05, 0.1) is 27.6 Å². The van der Waals surface area contributed by atoms with E-state index in [-0.39, 0.29) is 12.2 Å². The molecule has 4 rings (SSSR count). The van der Waals surface area contributed by atoms with Crippen molar-refractivity contribution in [3.8, 4) is 10.6 Å². The van der Waals surface area contributed by atoms with Crippen LogP contribution in [0.25, 0.3) is 21.3 Å². The number of pyridine rings is 1. The van der Waals surface area contributed by atoms with E-state index in [0.717, 1.165) is 39.4 Å². The number of carbonyl (C=O) groups excluding carboxylic acids is 1. The molecule has 26 heavy (non-hydrogen) atoms. The second kappa shape index (κ2) is 7.57. The Bertz CT molecular complexity index is 985. The highest BCUT2D eigenvalue weighted by Gasteiger charge is 2.15. The van der Waals surface area contributed by atoms with Crippen LogP contribution in [-0.2, 0) is 16.0 Å². The number of hydrogen-bond donors (Lipinski definition) is 0. The van der Waals surface area contributed by atoms with E-state index in [1.807, 2.05) is 25.1 Å². The Morgan fingerprint density at radius 2 is 2.15 bits per heavy atom. The first-order valence-corrected chi connectivity index (χ1v) is 9.42. The Morgan fingerprint density at radius 3 is 2.92 bits per heavy atom. The summed E-state index contributed by atoms with van der Waals surface area (Å²) in [5.41, 5.74) is 1.45. The zero-order valence-electron chi connectivity index (χ0n) is 15.6. The number of hydrogen-bond acceptors (Lipinski definition) is 7. The Balaban J connectivity index is 1.57. The maximum atomic E-state index is 12.4. The van der Waals surface area contributed by atoms with Crippen LogP contribution >= 0.6 is 11.3 Å². The van der Waals surface area contributed by atoms with Crippen molar-refractivity contribution in [2.24, 2.45) is 0 Å². The lowest BCUT2D eigenvalue weighted by Gasteiger charge is -2.25. The predicted octanol–water partition coefficient (Wildman–Crippen LogP) is 2.51. The second-order valence-corrected chi connectivity index (χ2v) is 7.54. The van der Waals surface area contributed by atoms with E-state index < -0.39 is 0 Å². The summed E-state index contributed by atoms with van der Waals surface area (Å²) in [6.07, 6.45) is 1.91. The molecule has 0 amide bonds. The number of aryl methyl sites for hydroxylation is 1. The SMILES string of the molecule is [2H]c1c(CC(=O)CN2CCOCC2)ncc2ccc(-c3nnc(C)s3)cc12. The molecule has 0 saturated carbocycles. The van der Waals surface area contributed by atoms with Crippen molar-refractivity contribution in [2.75, 3.05) is 32.8 Å². The highest BCUT2D eigenvalue weighted by atomic mass is 32.1. The van der Waals surface area contributed by atoms with Crippen molar-refractivity contribution in [3.63, 3.8) is 0 Å². The molecule has 0 radical (unpaired) electrons. The highest BCUT2D eigenvalue weighted by molar-refractivity contribution is 7.14. The predicted molar refractivity (Wildman–Crippen MR) is 101 cm³/mol. The summed E-state index contributed by atoms with van der Waals surface area (Å²) < 4.78 is 13.8. The molecule has 0 N–H and O–H groups in total. The van der Waals surface area contributed by atoms with Gasteiger partial charge in [0, 0.05) is 35.9 Å². The van der Waals surface area contributed by atoms with E-state index in [1.165, 1.54) is 11.3 Å². The van der Waals surface area contributed by atoms with Gasteiger partial charge in [-0.25, -0.2) is 0 Å². The van der Waals surface area contributed by atoms with Gasteiger partial charge in [0.1, 0.15) is 10.0 Å². The molecule has 0 aliphatic carbocycles. The fourth-order valence-corrected chi connectivity index (χ4v) is 3.69. The molecule has 0 spiro atoms. The fraction of sp³-hybridized carbons (Fsp3) is 0.368. The number of ether oxygens (including phenoxy) is 1. The summed E-state index contributed by atoms with van der Waals surface area (Å²) in [5.74, 6) is 0.0770. The fourth-order valence-electron chi connectivity index (χ4n) is 3.00. The molecular formula is C19H20N4O2S. The number of benzene rings is 1. The van der Waals surface area contributed by atoms with Crippen molar-refractivity contribution in [1.82, 2.24) is 20.1 Å². The van der Waals surface area contributed by atoms with E-state index >= 15 is 0 Å². The Labute approximate surface area is 157 Å². The maximum absolute atomic E-state index is 12.4. The minimum absolute atomic E-state index is 0.0770. The van der Waals surface area contributed by atoms with Crippen molar-refractivity contribution in [2.45, 2.75) is 13.3 Å². The molecule has 0 bridgehead atoms.